The van der Waals surface area contributed by atoms with Crippen LogP contribution in [0.3, 0.4) is 0 Å². The minimum absolute atomic E-state index is 0.474. The first-order valence-electron chi connectivity index (χ1n) is 6.90. The Balaban J connectivity index is 1.82. The Labute approximate surface area is 99.4 Å². The monoisotopic (exact) mass is 223 g/mol. The number of hydrogen-bond donors (Lipinski definition) is 0. The maximum Gasteiger partial charge on any atom is 0.133 e. The summed E-state index contributed by atoms with van der Waals surface area (Å²) in [5, 5.41) is 0. The second-order valence-corrected chi connectivity index (χ2v) is 5.85. The van der Waals surface area contributed by atoms with Crippen LogP contribution in [-0.2, 0) is 4.79 Å². The highest BCUT2D eigenvalue weighted by Crippen LogP contribution is 2.30. The Morgan fingerprint density at radius 2 is 1.44 bits per heavy atom. The summed E-state index contributed by atoms with van der Waals surface area (Å²) in [5.41, 5.74) is 0. The van der Waals surface area contributed by atoms with Gasteiger partial charge >= 0.3 is 0 Å². The van der Waals surface area contributed by atoms with Crippen molar-refractivity contribution in [1.82, 2.24) is 4.90 Å². The predicted octanol–water partition coefficient (Wildman–Crippen LogP) is 3.01. The third kappa shape index (κ3) is 2.85. The molecule has 0 aromatic carbocycles. The van der Waals surface area contributed by atoms with E-state index in [0.29, 0.717) is 11.8 Å². The van der Waals surface area contributed by atoms with E-state index in [2.05, 4.69) is 18.9 Å². The fraction of sp³-hybridized carbons (Fsp3) is 0.929. The number of Topliss-reactive ketones (excluding diaryl/α,β-unsaturated/α-hetero) is 1. The summed E-state index contributed by atoms with van der Waals surface area (Å²) in [5.74, 6) is 1.40. The fourth-order valence-electron chi connectivity index (χ4n) is 3.28. The summed E-state index contributed by atoms with van der Waals surface area (Å²) in [6.45, 7) is 2.37. The lowest BCUT2D eigenvalue weighted by atomic mass is 9.84. The van der Waals surface area contributed by atoms with Crippen molar-refractivity contribution in [2.75, 3.05) is 7.05 Å². The average molecular weight is 223 g/mol. The van der Waals surface area contributed by atoms with Crippen molar-refractivity contribution in [3.05, 3.63) is 0 Å². The first kappa shape index (κ1) is 12.1. The first-order valence-corrected chi connectivity index (χ1v) is 6.90. The zero-order chi connectivity index (χ0) is 11.5. The van der Waals surface area contributed by atoms with E-state index in [4.69, 9.17) is 0 Å². The third-order valence-corrected chi connectivity index (χ3v) is 4.65. The molecule has 2 aliphatic carbocycles. The number of carbonyl (C=O) groups excluding carboxylic acids is 1. The number of nitrogens with zero attached hydrogens (tertiary/aromatic N) is 1. The van der Waals surface area contributed by atoms with E-state index in [1.165, 1.54) is 25.7 Å². The smallest absolute Gasteiger partial charge is 0.133 e. The van der Waals surface area contributed by atoms with Gasteiger partial charge in [0.05, 0.1) is 0 Å². The quantitative estimate of drug-likeness (QED) is 0.717. The van der Waals surface area contributed by atoms with Crippen molar-refractivity contribution >= 4 is 5.78 Å². The molecule has 0 saturated heterocycles. The molecule has 0 unspecified atom stereocenters. The molecule has 0 heterocycles. The van der Waals surface area contributed by atoms with Gasteiger partial charge in [0.15, 0.2) is 0 Å². The van der Waals surface area contributed by atoms with E-state index in [-0.39, 0.29) is 0 Å². The molecule has 0 amide bonds. The second kappa shape index (κ2) is 5.31. The van der Waals surface area contributed by atoms with Crippen molar-refractivity contribution in [2.45, 2.75) is 70.4 Å². The SMILES string of the molecule is CC1CCC(N(C)C2CCC(=O)CC2)CC1. The van der Waals surface area contributed by atoms with Gasteiger partial charge < -0.3 is 4.90 Å². The summed E-state index contributed by atoms with van der Waals surface area (Å²) in [6, 6.07) is 1.46. The zero-order valence-electron chi connectivity index (χ0n) is 10.7. The van der Waals surface area contributed by atoms with E-state index in [9.17, 15) is 4.79 Å². The molecule has 92 valence electrons. The molecular formula is C14H25NO. The van der Waals surface area contributed by atoms with Crippen molar-refractivity contribution in [3.8, 4) is 0 Å². The normalized spacial score (nSPS) is 33.3. The van der Waals surface area contributed by atoms with Gasteiger partial charge in [-0.05, 0) is 51.5 Å². The first-order chi connectivity index (χ1) is 7.66. The summed E-state index contributed by atoms with van der Waals surface area (Å²) >= 11 is 0. The van der Waals surface area contributed by atoms with Crippen LogP contribution in [0.15, 0.2) is 0 Å². The molecule has 2 saturated carbocycles. The van der Waals surface area contributed by atoms with Crippen LogP contribution in [-0.4, -0.2) is 29.8 Å². The minimum atomic E-state index is 0.474. The Morgan fingerprint density at radius 1 is 0.938 bits per heavy atom. The highest BCUT2D eigenvalue weighted by atomic mass is 16.1. The number of carbonyl (C=O) groups is 1. The molecule has 2 nitrogen and oxygen atoms in total. The molecule has 2 heteroatoms. The molecule has 0 aliphatic heterocycles. The summed E-state index contributed by atoms with van der Waals surface area (Å²) in [6.07, 6.45) is 9.34. The van der Waals surface area contributed by atoms with E-state index >= 15 is 0 Å². The third-order valence-electron chi connectivity index (χ3n) is 4.65. The van der Waals surface area contributed by atoms with Crippen molar-refractivity contribution in [1.29, 1.82) is 0 Å². The van der Waals surface area contributed by atoms with Crippen LogP contribution in [0.25, 0.3) is 0 Å². The molecule has 0 spiro atoms. The standard InChI is InChI=1S/C14H25NO/c1-11-3-5-12(6-4-11)15(2)13-7-9-14(16)10-8-13/h11-13H,3-10H2,1-2H3. The largest absolute Gasteiger partial charge is 0.300 e. The van der Waals surface area contributed by atoms with Crippen molar-refractivity contribution in [2.24, 2.45) is 5.92 Å². The van der Waals surface area contributed by atoms with Crippen LogP contribution >= 0.6 is 0 Å². The van der Waals surface area contributed by atoms with Gasteiger partial charge in [-0.25, -0.2) is 0 Å². The Morgan fingerprint density at radius 3 is 2.00 bits per heavy atom. The maximum atomic E-state index is 11.2. The highest BCUT2D eigenvalue weighted by molar-refractivity contribution is 5.79. The van der Waals surface area contributed by atoms with Crippen LogP contribution in [0.5, 0.6) is 0 Å². The Bertz CT molecular complexity index is 233. The fourth-order valence-corrected chi connectivity index (χ4v) is 3.28. The van der Waals surface area contributed by atoms with E-state index < -0.39 is 0 Å². The van der Waals surface area contributed by atoms with Crippen LogP contribution < -0.4 is 0 Å². The topological polar surface area (TPSA) is 20.3 Å². The van der Waals surface area contributed by atoms with Gasteiger partial charge in [0.2, 0.25) is 0 Å². The van der Waals surface area contributed by atoms with Crippen molar-refractivity contribution < 1.29 is 4.79 Å². The number of rotatable bonds is 2. The van der Waals surface area contributed by atoms with Crippen molar-refractivity contribution in [3.63, 3.8) is 0 Å². The van der Waals surface area contributed by atoms with Gasteiger partial charge in [0, 0.05) is 24.9 Å². The molecule has 2 rings (SSSR count). The molecule has 2 fully saturated rings. The molecule has 0 aromatic heterocycles. The summed E-state index contributed by atoms with van der Waals surface area (Å²) < 4.78 is 0. The lowest BCUT2D eigenvalue weighted by Crippen LogP contribution is -2.43. The molecule has 0 N–H and O–H groups in total. The van der Waals surface area contributed by atoms with E-state index in [1.807, 2.05) is 0 Å². The van der Waals surface area contributed by atoms with E-state index in [1.54, 1.807) is 0 Å². The van der Waals surface area contributed by atoms with Crippen LogP contribution in [0, 0.1) is 5.92 Å². The maximum absolute atomic E-state index is 11.2. The zero-order valence-corrected chi connectivity index (χ0v) is 10.7. The molecule has 0 bridgehead atoms. The molecule has 0 radical (unpaired) electrons. The number of hydrogen-bond acceptors (Lipinski definition) is 2. The van der Waals surface area contributed by atoms with Gasteiger partial charge in [-0.1, -0.05) is 6.92 Å². The molecule has 0 atom stereocenters. The minimum Gasteiger partial charge on any atom is -0.300 e. The Hall–Kier alpha value is -0.370. The molecular weight excluding hydrogens is 198 g/mol. The Kier molecular flexibility index (Phi) is 4.01. The van der Waals surface area contributed by atoms with Crippen LogP contribution in [0.2, 0.25) is 0 Å². The predicted molar refractivity (Wildman–Crippen MR) is 66.4 cm³/mol. The number of ketones is 1. The van der Waals surface area contributed by atoms with Crippen LogP contribution in [0.1, 0.15) is 58.3 Å². The van der Waals surface area contributed by atoms with Gasteiger partial charge in [0.25, 0.3) is 0 Å². The van der Waals surface area contributed by atoms with Crippen LogP contribution in [0.4, 0.5) is 0 Å². The van der Waals surface area contributed by atoms with Gasteiger partial charge in [-0.2, -0.15) is 0 Å². The highest BCUT2D eigenvalue weighted by Gasteiger charge is 2.28. The van der Waals surface area contributed by atoms with E-state index in [0.717, 1.165) is 37.6 Å². The summed E-state index contributed by atoms with van der Waals surface area (Å²) in [4.78, 5) is 13.8. The van der Waals surface area contributed by atoms with Gasteiger partial charge in [-0.15, -0.1) is 0 Å². The van der Waals surface area contributed by atoms with Gasteiger partial charge in [-0.3, -0.25) is 4.79 Å². The molecule has 0 aromatic rings. The lowest BCUT2D eigenvalue weighted by Gasteiger charge is -2.39. The average Bonchev–Trinajstić information content (AvgIpc) is 2.30. The molecule has 16 heavy (non-hydrogen) atoms. The second-order valence-electron chi connectivity index (χ2n) is 5.85. The lowest BCUT2D eigenvalue weighted by molar-refractivity contribution is -0.121. The molecule has 2 aliphatic rings. The van der Waals surface area contributed by atoms with Gasteiger partial charge in [0.1, 0.15) is 5.78 Å². The summed E-state index contributed by atoms with van der Waals surface area (Å²) in [7, 11) is 2.28.